The molecule has 158 valence electrons. The Kier molecular flexibility index (Phi) is 6.27. The quantitative estimate of drug-likeness (QED) is 0.232. The van der Waals surface area contributed by atoms with Gasteiger partial charge >= 0.3 is 6.03 Å². The molecule has 0 saturated carbocycles. The number of amides is 2. The van der Waals surface area contributed by atoms with Crippen molar-refractivity contribution < 1.29 is 10.0 Å². The maximum absolute atomic E-state index is 13.3. The van der Waals surface area contributed by atoms with Crippen LogP contribution in [0.5, 0.6) is 0 Å². The molecule has 1 heterocycles. The second kappa shape index (κ2) is 8.94. The molecule has 31 heavy (non-hydrogen) atoms. The second-order valence-electron chi connectivity index (χ2n) is 6.67. The summed E-state index contributed by atoms with van der Waals surface area (Å²) in [5.41, 5.74) is 2.25. The Morgan fingerprint density at radius 3 is 2.26 bits per heavy atom. The van der Waals surface area contributed by atoms with E-state index in [4.69, 9.17) is 46.4 Å². The van der Waals surface area contributed by atoms with Crippen LogP contribution in [0.25, 0.3) is 10.9 Å². The van der Waals surface area contributed by atoms with E-state index in [1.807, 2.05) is 0 Å². The van der Waals surface area contributed by atoms with E-state index in [0.717, 1.165) is 16.5 Å². The first-order valence-corrected chi connectivity index (χ1v) is 10.5. The number of hydrogen-bond donors (Lipinski definition) is 2. The van der Waals surface area contributed by atoms with E-state index in [-0.39, 0.29) is 17.3 Å². The summed E-state index contributed by atoms with van der Waals surface area (Å²) in [6, 6.07) is 14.1. The molecule has 0 unspecified atom stereocenters. The average molecular weight is 496 g/mol. The van der Waals surface area contributed by atoms with Gasteiger partial charge in [-0.25, -0.2) is 4.79 Å². The number of nitrogens with one attached hydrogen (secondary N) is 1. The highest BCUT2D eigenvalue weighted by atomic mass is 35.5. The van der Waals surface area contributed by atoms with Crippen molar-refractivity contribution in [3.63, 3.8) is 0 Å². The maximum Gasteiger partial charge on any atom is 0.353 e. The zero-order chi connectivity index (χ0) is 22.1. The summed E-state index contributed by atoms with van der Waals surface area (Å²) < 4.78 is 0. The highest BCUT2D eigenvalue weighted by molar-refractivity contribution is 6.42. The van der Waals surface area contributed by atoms with Crippen LogP contribution in [0, 0.1) is 0 Å². The van der Waals surface area contributed by atoms with Crippen molar-refractivity contribution in [1.29, 1.82) is 0 Å². The largest absolute Gasteiger partial charge is 0.353 e. The van der Waals surface area contributed by atoms with Gasteiger partial charge in [0.1, 0.15) is 0 Å². The molecule has 0 fully saturated rings. The highest BCUT2D eigenvalue weighted by Crippen LogP contribution is 2.30. The average Bonchev–Trinajstić information content (AvgIpc) is 3.23. The number of fused-ring (bicyclic) bond motifs is 1. The number of rotatable bonds is 4. The summed E-state index contributed by atoms with van der Waals surface area (Å²) in [4.78, 5) is 14.7. The summed E-state index contributed by atoms with van der Waals surface area (Å²) in [5, 5.41) is 20.1. The molecule has 2 N–H and O–H groups in total. The number of benzene rings is 3. The van der Waals surface area contributed by atoms with Crippen LogP contribution in [0.4, 0.5) is 16.2 Å². The zero-order valence-corrected chi connectivity index (χ0v) is 18.7. The molecule has 0 spiro atoms. The van der Waals surface area contributed by atoms with Gasteiger partial charge in [-0.05, 0) is 54.1 Å². The van der Waals surface area contributed by atoms with Gasteiger partial charge in [0.05, 0.1) is 44.0 Å². The van der Waals surface area contributed by atoms with Gasteiger partial charge in [0.25, 0.3) is 0 Å². The number of hydroxylamine groups is 1. The number of nitrogens with zero attached hydrogens (tertiary/aromatic N) is 3. The van der Waals surface area contributed by atoms with Crippen molar-refractivity contribution in [3.05, 3.63) is 86.4 Å². The molecule has 2 amide bonds. The minimum absolute atomic E-state index is 0.122. The molecule has 0 aliphatic heterocycles. The predicted octanol–water partition coefficient (Wildman–Crippen LogP) is 7.20. The minimum atomic E-state index is -0.702. The zero-order valence-electron chi connectivity index (χ0n) is 15.7. The molecular formula is C21H14Cl4N4O2. The Morgan fingerprint density at radius 2 is 1.55 bits per heavy atom. The Balaban J connectivity index is 1.73. The highest BCUT2D eigenvalue weighted by Gasteiger charge is 2.24. The monoisotopic (exact) mass is 494 g/mol. The third-order valence-electron chi connectivity index (χ3n) is 4.62. The number of aromatic nitrogens is 2. The fourth-order valence-corrected chi connectivity index (χ4v) is 3.64. The van der Waals surface area contributed by atoms with Gasteiger partial charge in [0, 0.05) is 11.1 Å². The van der Waals surface area contributed by atoms with Crippen molar-refractivity contribution in [3.8, 4) is 0 Å². The summed E-state index contributed by atoms with van der Waals surface area (Å²) in [7, 11) is 0. The molecule has 3 aromatic carbocycles. The minimum Gasteiger partial charge on any atom is -0.288 e. The van der Waals surface area contributed by atoms with Gasteiger partial charge in [-0.1, -0.05) is 52.5 Å². The van der Waals surface area contributed by atoms with Gasteiger partial charge < -0.3 is 0 Å². The first-order valence-electron chi connectivity index (χ1n) is 8.96. The number of aromatic amines is 1. The van der Waals surface area contributed by atoms with Crippen molar-refractivity contribution in [2.45, 2.75) is 6.54 Å². The van der Waals surface area contributed by atoms with E-state index >= 15 is 0 Å². The van der Waals surface area contributed by atoms with Crippen LogP contribution in [-0.4, -0.2) is 21.4 Å². The number of urea groups is 1. The third kappa shape index (κ3) is 4.59. The fraction of sp³-hybridized carbons (Fsp3) is 0.0476. The molecule has 10 heteroatoms. The third-order valence-corrected chi connectivity index (χ3v) is 6.10. The van der Waals surface area contributed by atoms with E-state index in [0.29, 0.717) is 25.8 Å². The summed E-state index contributed by atoms with van der Waals surface area (Å²) >= 11 is 24.1. The lowest BCUT2D eigenvalue weighted by molar-refractivity contribution is 0.210. The first-order chi connectivity index (χ1) is 14.8. The normalized spacial score (nSPS) is 11.0. The van der Waals surface area contributed by atoms with Crippen molar-refractivity contribution in [1.82, 2.24) is 10.2 Å². The van der Waals surface area contributed by atoms with Crippen molar-refractivity contribution in [2.24, 2.45) is 0 Å². The van der Waals surface area contributed by atoms with Gasteiger partial charge in [-0.15, -0.1) is 0 Å². The number of carbonyl (C=O) groups excluding carboxylic acids is 1. The number of halogens is 4. The first kappa shape index (κ1) is 21.7. The van der Waals surface area contributed by atoms with Gasteiger partial charge in [-0.2, -0.15) is 10.2 Å². The number of hydrogen-bond acceptors (Lipinski definition) is 3. The van der Waals surface area contributed by atoms with E-state index < -0.39 is 6.03 Å². The molecule has 0 aliphatic carbocycles. The number of anilines is 2. The predicted molar refractivity (Wildman–Crippen MR) is 125 cm³/mol. The molecule has 0 bridgehead atoms. The van der Waals surface area contributed by atoms with Crippen molar-refractivity contribution in [2.75, 3.05) is 9.96 Å². The van der Waals surface area contributed by atoms with Crippen LogP contribution < -0.4 is 9.96 Å². The summed E-state index contributed by atoms with van der Waals surface area (Å²) in [6.45, 7) is 0.122. The van der Waals surface area contributed by atoms with E-state index in [2.05, 4.69) is 10.2 Å². The SMILES string of the molecule is O=C(N(O)c1ccc(Cl)c(Cl)c1)N(Cc1ccc(Cl)c(Cl)c1)c1ccc2[nH]ncc2c1. The maximum atomic E-state index is 13.3. The molecular weight excluding hydrogens is 482 g/mol. The Bertz CT molecular complexity index is 1280. The molecule has 4 aromatic rings. The molecule has 4 rings (SSSR count). The van der Waals surface area contributed by atoms with E-state index in [1.54, 1.807) is 42.6 Å². The Morgan fingerprint density at radius 1 is 0.871 bits per heavy atom. The van der Waals surface area contributed by atoms with Crippen LogP contribution in [0.3, 0.4) is 0 Å². The number of carbonyl (C=O) groups is 1. The molecule has 0 aliphatic rings. The van der Waals surface area contributed by atoms with Crippen LogP contribution in [0.15, 0.2) is 60.8 Å². The van der Waals surface area contributed by atoms with E-state index in [1.165, 1.54) is 23.1 Å². The lowest BCUT2D eigenvalue weighted by Gasteiger charge is -2.27. The van der Waals surface area contributed by atoms with Crippen molar-refractivity contribution >= 4 is 74.7 Å². The molecule has 0 saturated heterocycles. The molecule has 0 radical (unpaired) electrons. The van der Waals surface area contributed by atoms with Gasteiger partial charge in [0.2, 0.25) is 0 Å². The Hall–Kier alpha value is -2.48. The lowest BCUT2D eigenvalue weighted by atomic mass is 10.1. The lowest BCUT2D eigenvalue weighted by Crippen LogP contribution is -2.41. The second-order valence-corrected chi connectivity index (χ2v) is 8.30. The van der Waals surface area contributed by atoms with Crippen LogP contribution >= 0.6 is 46.4 Å². The topological polar surface area (TPSA) is 72.5 Å². The number of H-pyrrole nitrogens is 1. The molecule has 6 nitrogen and oxygen atoms in total. The summed E-state index contributed by atoms with van der Waals surface area (Å²) in [5.74, 6) is 0. The Labute approximate surface area is 197 Å². The summed E-state index contributed by atoms with van der Waals surface area (Å²) in [6.07, 6.45) is 1.65. The van der Waals surface area contributed by atoms with Gasteiger partial charge in [0.15, 0.2) is 0 Å². The van der Waals surface area contributed by atoms with Gasteiger partial charge in [-0.3, -0.25) is 15.2 Å². The fourth-order valence-electron chi connectivity index (χ4n) is 3.03. The van der Waals surface area contributed by atoms with Crippen LogP contribution in [0.2, 0.25) is 20.1 Å². The van der Waals surface area contributed by atoms with E-state index in [9.17, 15) is 10.0 Å². The standard InChI is InChI=1S/C21H14Cl4N4O2/c22-16-4-1-12(7-18(16)24)11-28(14-3-6-20-13(8-14)10-26-27-20)21(30)29(31)15-2-5-17(23)19(25)9-15/h1-10,31H,11H2,(H,26,27). The molecule has 1 aromatic heterocycles. The molecule has 0 atom stereocenters. The van der Waals surface area contributed by atoms with Crippen LogP contribution in [0.1, 0.15) is 5.56 Å². The smallest absolute Gasteiger partial charge is 0.288 e. The van der Waals surface area contributed by atoms with Crippen LogP contribution in [-0.2, 0) is 6.54 Å².